The topological polar surface area (TPSA) is 77.2 Å². The number of rotatable bonds is 6. The smallest absolute Gasteiger partial charge is 0.323 e. The highest BCUT2D eigenvalue weighted by Crippen LogP contribution is 2.26. The van der Waals surface area contributed by atoms with Crippen molar-refractivity contribution in [2.24, 2.45) is 5.92 Å². The van der Waals surface area contributed by atoms with Crippen LogP contribution in [0.25, 0.3) is 0 Å². The Morgan fingerprint density at radius 1 is 1.26 bits per heavy atom. The van der Waals surface area contributed by atoms with Gasteiger partial charge in [0.2, 0.25) is 11.9 Å². The first-order chi connectivity index (χ1) is 9.19. The van der Waals surface area contributed by atoms with Gasteiger partial charge in [0.1, 0.15) is 0 Å². The van der Waals surface area contributed by atoms with Crippen molar-refractivity contribution in [3.63, 3.8) is 0 Å². The van der Waals surface area contributed by atoms with Gasteiger partial charge < -0.3 is 15.4 Å². The molecule has 1 fully saturated rings. The van der Waals surface area contributed by atoms with Gasteiger partial charge in [0, 0.05) is 13.6 Å². The summed E-state index contributed by atoms with van der Waals surface area (Å²) in [5.41, 5.74) is 5.71. The van der Waals surface area contributed by atoms with Gasteiger partial charge in [-0.15, -0.1) is 0 Å². The van der Waals surface area contributed by atoms with Crippen LogP contribution >= 0.6 is 0 Å². The monoisotopic (exact) mass is 265 g/mol. The summed E-state index contributed by atoms with van der Waals surface area (Å²) in [5.74, 6) is 1.56. The van der Waals surface area contributed by atoms with E-state index in [9.17, 15) is 0 Å². The first-order valence-electron chi connectivity index (χ1n) is 7.04. The van der Waals surface area contributed by atoms with E-state index in [0.717, 1.165) is 18.9 Å². The molecular formula is C13H23N5O. The summed E-state index contributed by atoms with van der Waals surface area (Å²) >= 11 is 0. The van der Waals surface area contributed by atoms with Crippen LogP contribution in [0.3, 0.4) is 0 Å². The second kappa shape index (κ2) is 6.54. The highest BCUT2D eigenvalue weighted by atomic mass is 16.5. The van der Waals surface area contributed by atoms with Gasteiger partial charge in [0.05, 0.1) is 6.61 Å². The molecule has 1 aromatic rings. The van der Waals surface area contributed by atoms with E-state index in [4.69, 9.17) is 10.5 Å². The molecule has 6 heteroatoms. The highest BCUT2D eigenvalue weighted by molar-refractivity contribution is 5.35. The second-order valence-electron chi connectivity index (χ2n) is 5.16. The lowest BCUT2D eigenvalue weighted by Gasteiger charge is -2.21. The van der Waals surface area contributed by atoms with E-state index in [2.05, 4.69) is 15.0 Å². The van der Waals surface area contributed by atoms with Crippen molar-refractivity contribution in [1.82, 2.24) is 15.0 Å². The fraction of sp³-hybridized carbons (Fsp3) is 0.769. The standard InChI is InChI=1S/C13H23N5O/c1-3-8-19-13-16-11(14)15-12(17-13)18(2)9-10-6-4-5-7-10/h10H,3-9H2,1-2H3,(H2,14,15,16,17). The van der Waals surface area contributed by atoms with Crippen LogP contribution in [0.1, 0.15) is 39.0 Å². The van der Waals surface area contributed by atoms with Gasteiger partial charge in [0.15, 0.2) is 0 Å². The summed E-state index contributed by atoms with van der Waals surface area (Å²) in [6, 6.07) is 0.322. The Balaban J connectivity index is 2.02. The van der Waals surface area contributed by atoms with Gasteiger partial charge in [-0.25, -0.2) is 0 Å². The molecule has 6 nitrogen and oxygen atoms in total. The molecule has 0 radical (unpaired) electrons. The minimum absolute atomic E-state index is 0.217. The molecule has 0 aromatic carbocycles. The van der Waals surface area contributed by atoms with Crippen molar-refractivity contribution in [2.75, 3.05) is 30.8 Å². The van der Waals surface area contributed by atoms with Crippen molar-refractivity contribution in [3.05, 3.63) is 0 Å². The Kier molecular flexibility index (Phi) is 4.76. The van der Waals surface area contributed by atoms with Crippen LogP contribution in [0, 0.1) is 5.92 Å². The van der Waals surface area contributed by atoms with Crippen molar-refractivity contribution < 1.29 is 4.74 Å². The first kappa shape index (κ1) is 13.8. The normalized spacial score (nSPS) is 15.7. The second-order valence-corrected chi connectivity index (χ2v) is 5.16. The molecule has 0 spiro atoms. The molecule has 0 atom stereocenters. The maximum atomic E-state index is 5.71. The number of nitrogen functional groups attached to an aromatic ring is 1. The van der Waals surface area contributed by atoms with E-state index in [-0.39, 0.29) is 5.95 Å². The SMILES string of the molecule is CCCOc1nc(N)nc(N(C)CC2CCCC2)n1. The molecule has 0 aliphatic heterocycles. The quantitative estimate of drug-likeness (QED) is 0.846. The van der Waals surface area contributed by atoms with Crippen LogP contribution in [0.15, 0.2) is 0 Å². The van der Waals surface area contributed by atoms with Gasteiger partial charge in [-0.2, -0.15) is 15.0 Å². The molecule has 0 saturated heterocycles. The van der Waals surface area contributed by atoms with Crippen molar-refractivity contribution >= 4 is 11.9 Å². The van der Waals surface area contributed by atoms with Crippen molar-refractivity contribution in [2.45, 2.75) is 39.0 Å². The summed E-state index contributed by atoms with van der Waals surface area (Å²) in [7, 11) is 2.00. The molecule has 1 aliphatic carbocycles. The van der Waals surface area contributed by atoms with Crippen LogP contribution in [-0.4, -0.2) is 35.2 Å². The number of nitrogens with zero attached hydrogens (tertiary/aromatic N) is 4. The predicted octanol–water partition coefficient (Wildman–Crippen LogP) is 1.87. The molecule has 0 amide bonds. The maximum Gasteiger partial charge on any atom is 0.323 e. The van der Waals surface area contributed by atoms with E-state index < -0.39 is 0 Å². The van der Waals surface area contributed by atoms with Crippen LogP contribution in [-0.2, 0) is 0 Å². The molecule has 1 saturated carbocycles. The molecule has 2 rings (SSSR count). The fourth-order valence-corrected chi connectivity index (χ4v) is 2.45. The average molecular weight is 265 g/mol. The van der Waals surface area contributed by atoms with Crippen LogP contribution < -0.4 is 15.4 Å². The highest BCUT2D eigenvalue weighted by Gasteiger charge is 2.19. The minimum Gasteiger partial charge on any atom is -0.463 e. The minimum atomic E-state index is 0.217. The van der Waals surface area contributed by atoms with Gasteiger partial charge in [-0.3, -0.25) is 0 Å². The zero-order valence-corrected chi connectivity index (χ0v) is 11.8. The third kappa shape index (κ3) is 3.94. The first-order valence-corrected chi connectivity index (χ1v) is 7.04. The number of hydrogen-bond acceptors (Lipinski definition) is 6. The number of anilines is 2. The third-order valence-electron chi connectivity index (χ3n) is 3.40. The van der Waals surface area contributed by atoms with Gasteiger partial charge in [-0.05, 0) is 25.2 Å². The summed E-state index contributed by atoms with van der Waals surface area (Å²) < 4.78 is 5.43. The van der Waals surface area contributed by atoms with Gasteiger partial charge >= 0.3 is 6.01 Å². The number of hydrogen-bond donors (Lipinski definition) is 1. The van der Waals surface area contributed by atoms with Crippen LogP contribution in [0.2, 0.25) is 0 Å². The Labute approximate surface area is 114 Å². The number of nitrogens with two attached hydrogens (primary N) is 1. The molecule has 0 unspecified atom stereocenters. The Morgan fingerprint density at radius 3 is 2.68 bits per heavy atom. The molecule has 1 aliphatic rings. The van der Waals surface area contributed by atoms with E-state index in [1.165, 1.54) is 25.7 Å². The lowest BCUT2D eigenvalue weighted by molar-refractivity contribution is 0.292. The fourth-order valence-electron chi connectivity index (χ4n) is 2.45. The summed E-state index contributed by atoms with van der Waals surface area (Å²) in [4.78, 5) is 14.5. The Morgan fingerprint density at radius 2 is 2.00 bits per heavy atom. The number of ether oxygens (including phenoxy) is 1. The average Bonchev–Trinajstić information content (AvgIpc) is 2.88. The summed E-state index contributed by atoms with van der Waals surface area (Å²) in [6.45, 7) is 3.60. The van der Waals surface area contributed by atoms with Crippen LogP contribution in [0.4, 0.5) is 11.9 Å². The van der Waals surface area contributed by atoms with E-state index in [1.807, 2.05) is 18.9 Å². The molecule has 106 valence electrons. The Hall–Kier alpha value is -1.59. The zero-order chi connectivity index (χ0) is 13.7. The predicted molar refractivity (Wildman–Crippen MR) is 75.3 cm³/mol. The molecule has 2 N–H and O–H groups in total. The maximum absolute atomic E-state index is 5.71. The van der Waals surface area contributed by atoms with Gasteiger partial charge in [-0.1, -0.05) is 19.8 Å². The summed E-state index contributed by atoms with van der Waals surface area (Å²) in [6.07, 6.45) is 6.18. The van der Waals surface area contributed by atoms with Crippen molar-refractivity contribution in [3.8, 4) is 6.01 Å². The summed E-state index contributed by atoms with van der Waals surface area (Å²) in [5, 5.41) is 0. The molecular weight excluding hydrogens is 242 g/mol. The lowest BCUT2D eigenvalue weighted by Crippen LogP contribution is -2.26. The molecule has 1 aromatic heterocycles. The lowest BCUT2D eigenvalue weighted by atomic mass is 10.1. The third-order valence-corrected chi connectivity index (χ3v) is 3.40. The largest absolute Gasteiger partial charge is 0.463 e. The Bertz CT molecular complexity index is 406. The molecule has 1 heterocycles. The van der Waals surface area contributed by atoms with E-state index in [0.29, 0.717) is 18.6 Å². The molecule has 19 heavy (non-hydrogen) atoms. The van der Waals surface area contributed by atoms with Crippen LogP contribution in [0.5, 0.6) is 6.01 Å². The van der Waals surface area contributed by atoms with E-state index in [1.54, 1.807) is 0 Å². The molecule has 0 bridgehead atoms. The number of aromatic nitrogens is 3. The van der Waals surface area contributed by atoms with E-state index >= 15 is 0 Å². The van der Waals surface area contributed by atoms with Crippen molar-refractivity contribution in [1.29, 1.82) is 0 Å². The zero-order valence-electron chi connectivity index (χ0n) is 11.8. The van der Waals surface area contributed by atoms with Gasteiger partial charge in [0.25, 0.3) is 0 Å².